The second-order valence-corrected chi connectivity index (χ2v) is 2.70. The first-order valence-electron chi connectivity index (χ1n) is 4.09. The van der Waals surface area contributed by atoms with E-state index in [1.807, 2.05) is 0 Å². The first kappa shape index (κ1) is 8.46. The van der Waals surface area contributed by atoms with Gasteiger partial charge in [-0.2, -0.15) is 4.98 Å². The molecule has 1 aromatic heterocycles. The largest absolute Gasteiger partial charge is 0.452 e. The number of ether oxygens (including phenoxy) is 2. The molecule has 1 N–H and O–H groups in total. The minimum atomic E-state index is 0.0152. The van der Waals surface area contributed by atoms with E-state index in [1.54, 1.807) is 0 Å². The van der Waals surface area contributed by atoms with Gasteiger partial charge in [-0.25, -0.2) is 0 Å². The molecular weight excluding hydrogens is 174 g/mol. The first-order chi connectivity index (χ1) is 6.40. The topological polar surface area (TPSA) is 69.4 Å². The Morgan fingerprint density at radius 1 is 1.62 bits per heavy atom. The SMILES string of the molecule is COc1nc(C2COCCN2)no1. The van der Waals surface area contributed by atoms with Crippen molar-refractivity contribution in [3.05, 3.63) is 5.82 Å². The lowest BCUT2D eigenvalue weighted by atomic mass is 10.3. The summed E-state index contributed by atoms with van der Waals surface area (Å²) in [6.07, 6.45) is 0.183. The van der Waals surface area contributed by atoms with E-state index >= 15 is 0 Å². The number of morpholine rings is 1. The van der Waals surface area contributed by atoms with E-state index < -0.39 is 0 Å². The highest BCUT2D eigenvalue weighted by molar-refractivity contribution is 4.97. The average molecular weight is 185 g/mol. The van der Waals surface area contributed by atoms with Crippen molar-refractivity contribution in [1.82, 2.24) is 15.5 Å². The Morgan fingerprint density at radius 3 is 3.15 bits per heavy atom. The van der Waals surface area contributed by atoms with Gasteiger partial charge in [0.2, 0.25) is 0 Å². The summed E-state index contributed by atoms with van der Waals surface area (Å²) in [4.78, 5) is 4.01. The minimum Gasteiger partial charge on any atom is -0.452 e. The predicted octanol–water partition coefficient (Wildman–Crippen LogP) is -0.261. The van der Waals surface area contributed by atoms with Crippen molar-refractivity contribution in [3.63, 3.8) is 0 Å². The van der Waals surface area contributed by atoms with E-state index in [-0.39, 0.29) is 12.1 Å². The number of aromatic nitrogens is 2. The lowest BCUT2D eigenvalue weighted by Crippen LogP contribution is -2.35. The highest BCUT2D eigenvalue weighted by atomic mass is 16.6. The van der Waals surface area contributed by atoms with Crippen molar-refractivity contribution < 1.29 is 14.0 Å². The van der Waals surface area contributed by atoms with Crippen LogP contribution in [0.15, 0.2) is 4.52 Å². The van der Waals surface area contributed by atoms with E-state index in [0.29, 0.717) is 12.4 Å². The zero-order valence-corrected chi connectivity index (χ0v) is 7.32. The fourth-order valence-electron chi connectivity index (χ4n) is 1.18. The summed E-state index contributed by atoms with van der Waals surface area (Å²) in [5.41, 5.74) is 0. The van der Waals surface area contributed by atoms with E-state index in [1.165, 1.54) is 7.11 Å². The Hall–Kier alpha value is -1.14. The van der Waals surface area contributed by atoms with Gasteiger partial charge in [-0.3, -0.25) is 4.52 Å². The lowest BCUT2D eigenvalue weighted by Gasteiger charge is -2.20. The van der Waals surface area contributed by atoms with Crippen LogP contribution in [-0.2, 0) is 4.74 Å². The molecule has 0 radical (unpaired) electrons. The molecule has 6 heteroatoms. The van der Waals surface area contributed by atoms with E-state index in [4.69, 9.17) is 14.0 Å². The van der Waals surface area contributed by atoms with Crippen LogP contribution in [0.5, 0.6) is 6.08 Å². The van der Waals surface area contributed by atoms with Crippen LogP contribution < -0.4 is 10.1 Å². The molecule has 2 heterocycles. The van der Waals surface area contributed by atoms with Gasteiger partial charge in [0, 0.05) is 6.54 Å². The van der Waals surface area contributed by atoms with Gasteiger partial charge < -0.3 is 14.8 Å². The second kappa shape index (κ2) is 3.71. The van der Waals surface area contributed by atoms with Crippen molar-refractivity contribution >= 4 is 0 Å². The van der Waals surface area contributed by atoms with Crippen LogP contribution >= 0.6 is 0 Å². The Morgan fingerprint density at radius 2 is 2.54 bits per heavy atom. The van der Waals surface area contributed by atoms with Gasteiger partial charge >= 0.3 is 6.08 Å². The summed E-state index contributed by atoms with van der Waals surface area (Å²) in [5, 5.41) is 6.96. The normalized spacial score (nSPS) is 23.0. The quantitative estimate of drug-likeness (QED) is 0.684. The minimum absolute atomic E-state index is 0.0152. The molecule has 1 aliphatic heterocycles. The Bertz CT molecular complexity index is 270. The van der Waals surface area contributed by atoms with Crippen molar-refractivity contribution in [3.8, 4) is 6.08 Å². The summed E-state index contributed by atoms with van der Waals surface area (Å²) < 4.78 is 14.8. The molecule has 2 rings (SSSR count). The molecule has 0 saturated carbocycles. The summed E-state index contributed by atoms with van der Waals surface area (Å²) in [6, 6.07) is 0.0152. The molecule has 72 valence electrons. The Labute approximate surface area is 75.2 Å². The molecule has 1 unspecified atom stereocenters. The molecule has 1 fully saturated rings. The van der Waals surface area contributed by atoms with Crippen LogP contribution in [0.2, 0.25) is 0 Å². The van der Waals surface area contributed by atoms with Gasteiger partial charge in [0.15, 0.2) is 5.82 Å². The highest BCUT2D eigenvalue weighted by Gasteiger charge is 2.20. The van der Waals surface area contributed by atoms with Crippen molar-refractivity contribution in [2.45, 2.75) is 6.04 Å². The zero-order chi connectivity index (χ0) is 9.10. The highest BCUT2D eigenvalue weighted by Crippen LogP contribution is 2.14. The molecule has 1 saturated heterocycles. The summed E-state index contributed by atoms with van der Waals surface area (Å²) in [5.74, 6) is 0.580. The number of hydrogen-bond acceptors (Lipinski definition) is 6. The number of rotatable bonds is 2. The predicted molar refractivity (Wildman–Crippen MR) is 42.4 cm³/mol. The second-order valence-electron chi connectivity index (χ2n) is 2.70. The first-order valence-corrected chi connectivity index (χ1v) is 4.09. The van der Waals surface area contributed by atoms with Crippen LogP contribution in [0.1, 0.15) is 11.9 Å². The molecule has 0 spiro atoms. The fraction of sp³-hybridized carbons (Fsp3) is 0.714. The third kappa shape index (κ3) is 1.78. The van der Waals surface area contributed by atoms with Crippen LogP contribution in [0, 0.1) is 0 Å². The maximum atomic E-state index is 5.25. The number of methoxy groups -OCH3 is 1. The van der Waals surface area contributed by atoms with Crippen molar-refractivity contribution in [1.29, 1.82) is 0 Å². The van der Waals surface area contributed by atoms with Gasteiger partial charge in [-0.1, -0.05) is 5.16 Å². The molecule has 1 atom stereocenters. The standard InChI is InChI=1S/C7H11N3O3/c1-11-7-9-6(10-13-7)5-4-12-3-2-8-5/h5,8H,2-4H2,1H3. The van der Waals surface area contributed by atoms with Gasteiger partial charge in [0.1, 0.15) is 0 Å². The maximum absolute atomic E-state index is 5.25. The van der Waals surface area contributed by atoms with Gasteiger partial charge in [0.25, 0.3) is 0 Å². The fourth-order valence-corrected chi connectivity index (χ4v) is 1.18. The van der Waals surface area contributed by atoms with Gasteiger partial charge in [-0.15, -0.1) is 0 Å². The number of nitrogens with zero attached hydrogens (tertiary/aromatic N) is 2. The van der Waals surface area contributed by atoms with E-state index in [2.05, 4.69) is 15.5 Å². The summed E-state index contributed by atoms with van der Waals surface area (Å²) in [7, 11) is 1.49. The summed E-state index contributed by atoms with van der Waals surface area (Å²) >= 11 is 0. The maximum Gasteiger partial charge on any atom is 0.417 e. The Kier molecular flexibility index (Phi) is 2.42. The van der Waals surface area contributed by atoms with Crippen molar-refractivity contribution in [2.24, 2.45) is 0 Å². The van der Waals surface area contributed by atoms with Gasteiger partial charge in [0.05, 0.1) is 26.4 Å². The Balaban J connectivity index is 2.05. The molecular formula is C7H11N3O3. The zero-order valence-electron chi connectivity index (χ0n) is 7.32. The third-order valence-electron chi connectivity index (χ3n) is 1.83. The molecule has 1 aliphatic rings. The van der Waals surface area contributed by atoms with Crippen LogP contribution in [-0.4, -0.2) is 37.0 Å². The molecule has 13 heavy (non-hydrogen) atoms. The van der Waals surface area contributed by atoms with Crippen LogP contribution in [0.4, 0.5) is 0 Å². The smallest absolute Gasteiger partial charge is 0.417 e. The average Bonchev–Trinajstić information content (AvgIpc) is 2.67. The van der Waals surface area contributed by atoms with Crippen molar-refractivity contribution in [2.75, 3.05) is 26.9 Å². The van der Waals surface area contributed by atoms with E-state index in [9.17, 15) is 0 Å². The monoisotopic (exact) mass is 185 g/mol. The molecule has 0 amide bonds. The third-order valence-corrected chi connectivity index (χ3v) is 1.83. The molecule has 0 aromatic carbocycles. The lowest BCUT2D eigenvalue weighted by molar-refractivity contribution is 0.0734. The molecule has 0 aliphatic carbocycles. The van der Waals surface area contributed by atoms with Crippen LogP contribution in [0.3, 0.4) is 0 Å². The molecule has 0 bridgehead atoms. The van der Waals surface area contributed by atoms with Gasteiger partial charge in [-0.05, 0) is 0 Å². The summed E-state index contributed by atoms with van der Waals surface area (Å²) in [6.45, 7) is 2.11. The van der Waals surface area contributed by atoms with E-state index in [0.717, 1.165) is 13.2 Å². The molecule has 1 aromatic rings. The molecule has 6 nitrogen and oxygen atoms in total. The number of hydrogen-bond donors (Lipinski definition) is 1. The van der Waals surface area contributed by atoms with Crippen LogP contribution in [0.25, 0.3) is 0 Å². The number of nitrogens with one attached hydrogen (secondary N) is 1.